The van der Waals surface area contributed by atoms with E-state index in [0.717, 1.165) is 42.8 Å². The molecule has 30 heavy (non-hydrogen) atoms. The van der Waals surface area contributed by atoms with Crippen molar-refractivity contribution >= 4 is 23.5 Å². The number of imidazole rings is 1. The Balaban J connectivity index is 1.93. The SMILES string of the molecule is CCn1c2c(n(C(C)=O)c1=O)C[C@H](C(=O)N1CCCC1)[C@H](C)C(c1ccccc1)=C2. The average molecular weight is 408 g/mol. The molecule has 1 aromatic heterocycles. The minimum atomic E-state index is -0.319. The summed E-state index contributed by atoms with van der Waals surface area (Å²) in [4.78, 5) is 40.8. The molecule has 1 amide bonds. The van der Waals surface area contributed by atoms with Crippen molar-refractivity contribution in [3.05, 3.63) is 57.8 Å². The molecule has 4 rings (SSSR count). The monoisotopic (exact) mass is 407 g/mol. The van der Waals surface area contributed by atoms with Crippen LogP contribution in [-0.4, -0.2) is 38.9 Å². The molecule has 0 N–H and O–H groups in total. The van der Waals surface area contributed by atoms with Crippen LogP contribution >= 0.6 is 0 Å². The Morgan fingerprint density at radius 3 is 2.37 bits per heavy atom. The standard InChI is InChI=1S/C24H29N3O3/c1-4-26-21-14-19(18-10-6-5-7-11-18)16(2)20(23(29)25-12-8-9-13-25)15-22(21)27(17(3)28)24(26)30/h5-7,10-11,14,16,20H,4,8-9,12-13,15H2,1-3H3/t16-,20+/m1/s1. The van der Waals surface area contributed by atoms with E-state index in [9.17, 15) is 14.4 Å². The maximum atomic E-state index is 13.5. The van der Waals surface area contributed by atoms with Gasteiger partial charge in [0, 0.05) is 33.0 Å². The predicted octanol–water partition coefficient (Wildman–Crippen LogP) is 3.30. The van der Waals surface area contributed by atoms with E-state index in [4.69, 9.17) is 0 Å². The first-order valence-electron chi connectivity index (χ1n) is 10.8. The van der Waals surface area contributed by atoms with Gasteiger partial charge in [0.1, 0.15) is 0 Å². The van der Waals surface area contributed by atoms with E-state index in [-0.39, 0.29) is 29.3 Å². The summed E-state index contributed by atoms with van der Waals surface area (Å²) in [5.41, 5.74) is 3.17. The van der Waals surface area contributed by atoms with Gasteiger partial charge in [0.05, 0.1) is 17.3 Å². The van der Waals surface area contributed by atoms with Gasteiger partial charge in [-0.3, -0.25) is 14.2 Å². The molecule has 1 saturated heterocycles. The molecule has 0 spiro atoms. The van der Waals surface area contributed by atoms with Gasteiger partial charge in [-0.15, -0.1) is 0 Å². The van der Waals surface area contributed by atoms with Crippen molar-refractivity contribution in [2.24, 2.45) is 11.8 Å². The van der Waals surface area contributed by atoms with Crippen LogP contribution in [0.4, 0.5) is 0 Å². The third-order valence-electron chi connectivity index (χ3n) is 6.55. The first-order valence-corrected chi connectivity index (χ1v) is 10.8. The molecular weight excluding hydrogens is 378 g/mol. The summed E-state index contributed by atoms with van der Waals surface area (Å²) in [6, 6.07) is 10.0. The zero-order valence-electron chi connectivity index (χ0n) is 17.9. The number of amides is 1. The highest BCUT2D eigenvalue weighted by Crippen LogP contribution is 2.38. The molecule has 1 fully saturated rings. The summed E-state index contributed by atoms with van der Waals surface area (Å²) < 4.78 is 2.91. The second kappa shape index (κ2) is 8.09. The van der Waals surface area contributed by atoms with Crippen molar-refractivity contribution in [3.63, 3.8) is 0 Å². The highest BCUT2D eigenvalue weighted by atomic mass is 16.2. The van der Waals surface area contributed by atoms with Gasteiger partial charge in [0.15, 0.2) is 0 Å². The highest BCUT2D eigenvalue weighted by molar-refractivity contribution is 5.90. The van der Waals surface area contributed by atoms with Gasteiger partial charge in [-0.25, -0.2) is 9.36 Å². The van der Waals surface area contributed by atoms with E-state index >= 15 is 0 Å². The lowest BCUT2D eigenvalue weighted by molar-refractivity contribution is -0.135. The number of nitrogens with zero attached hydrogens (tertiary/aromatic N) is 3. The second-order valence-corrected chi connectivity index (χ2v) is 8.31. The predicted molar refractivity (Wildman–Crippen MR) is 117 cm³/mol. The van der Waals surface area contributed by atoms with E-state index in [0.29, 0.717) is 18.7 Å². The van der Waals surface area contributed by atoms with Crippen LogP contribution in [-0.2, 0) is 17.8 Å². The number of fused-ring (bicyclic) bond motifs is 1. The number of hydrogen-bond donors (Lipinski definition) is 0. The molecule has 6 nitrogen and oxygen atoms in total. The van der Waals surface area contributed by atoms with Crippen molar-refractivity contribution < 1.29 is 9.59 Å². The highest BCUT2D eigenvalue weighted by Gasteiger charge is 2.37. The number of hydrogen-bond acceptors (Lipinski definition) is 3. The molecule has 6 heteroatoms. The van der Waals surface area contributed by atoms with E-state index in [1.54, 1.807) is 4.57 Å². The third kappa shape index (κ3) is 3.34. The Morgan fingerprint density at radius 1 is 1.10 bits per heavy atom. The maximum Gasteiger partial charge on any atom is 0.335 e. The van der Waals surface area contributed by atoms with Crippen molar-refractivity contribution in [3.8, 4) is 0 Å². The van der Waals surface area contributed by atoms with Gasteiger partial charge in [-0.2, -0.15) is 0 Å². The van der Waals surface area contributed by atoms with E-state index in [1.165, 1.54) is 11.5 Å². The van der Waals surface area contributed by atoms with Gasteiger partial charge in [-0.05, 0) is 42.9 Å². The van der Waals surface area contributed by atoms with E-state index in [2.05, 4.69) is 6.92 Å². The fourth-order valence-electron chi connectivity index (χ4n) is 4.93. The Bertz CT molecular complexity index is 1060. The first kappa shape index (κ1) is 20.4. The number of likely N-dealkylation sites (tertiary alicyclic amines) is 1. The molecule has 1 aromatic carbocycles. The summed E-state index contributed by atoms with van der Waals surface area (Å²) in [5.74, 6) is -0.524. The Kier molecular flexibility index (Phi) is 5.50. The van der Waals surface area contributed by atoms with Crippen LogP contribution in [0.1, 0.15) is 55.4 Å². The number of aromatic nitrogens is 2. The summed E-state index contributed by atoms with van der Waals surface area (Å²) in [5, 5.41) is 0. The van der Waals surface area contributed by atoms with Crippen molar-refractivity contribution in [2.45, 2.75) is 46.6 Å². The smallest absolute Gasteiger partial charge is 0.335 e. The average Bonchev–Trinajstić information content (AvgIpc) is 3.33. The number of benzene rings is 1. The number of rotatable bonds is 3. The van der Waals surface area contributed by atoms with Gasteiger partial charge in [0.2, 0.25) is 11.8 Å². The molecular formula is C24H29N3O3. The molecule has 1 aliphatic heterocycles. The van der Waals surface area contributed by atoms with Crippen LogP contribution in [0.2, 0.25) is 0 Å². The molecule has 1 aliphatic carbocycles. The van der Waals surface area contributed by atoms with Gasteiger partial charge in [0.25, 0.3) is 0 Å². The normalized spacial score (nSPS) is 21.2. The minimum Gasteiger partial charge on any atom is -0.342 e. The molecule has 0 radical (unpaired) electrons. The number of carbonyl (C=O) groups excluding carboxylic acids is 2. The molecule has 158 valence electrons. The summed E-state index contributed by atoms with van der Waals surface area (Å²) in [6.45, 7) is 7.46. The fraction of sp³-hybridized carbons (Fsp3) is 0.458. The number of allylic oxidation sites excluding steroid dienone is 1. The summed E-state index contributed by atoms with van der Waals surface area (Å²) in [7, 11) is 0. The molecule has 0 bridgehead atoms. The summed E-state index contributed by atoms with van der Waals surface area (Å²) in [6.07, 6.45) is 4.48. The van der Waals surface area contributed by atoms with Gasteiger partial charge >= 0.3 is 5.69 Å². The first-order chi connectivity index (χ1) is 14.4. The topological polar surface area (TPSA) is 64.3 Å². The molecule has 0 unspecified atom stereocenters. The lowest BCUT2D eigenvalue weighted by atomic mass is 9.82. The third-order valence-corrected chi connectivity index (χ3v) is 6.55. The lowest BCUT2D eigenvalue weighted by Gasteiger charge is -2.28. The van der Waals surface area contributed by atoms with Crippen LogP contribution in [0.25, 0.3) is 11.6 Å². The molecule has 2 aromatic rings. The van der Waals surface area contributed by atoms with Gasteiger partial charge < -0.3 is 4.90 Å². The molecule has 2 aliphatic rings. The van der Waals surface area contributed by atoms with Crippen LogP contribution < -0.4 is 5.69 Å². The number of carbonyl (C=O) groups is 2. The maximum absolute atomic E-state index is 13.5. The van der Waals surface area contributed by atoms with Crippen LogP contribution in [0.15, 0.2) is 35.1 Å². The Morgan fingerprint density at radius 2 is 1.77 bits per heavy atom. The van der Waals surface area contributed by atoms with Crippen LogP contribution in [0, 0.1) is 11.8 Å². The largest absolute Gasteiger partial charge is 0.342 e. The molecule has 2 heterocycles. The zero-order chi connectivity index (χ0) is 21.4. The molecule has 0 saturated carbocycles. The van der Waals surface area contributed by atoms with Crippen LogP contribution in [0.5, 0.6) is 0 Å². The second-order valence-electron chi connectivity index (χ2n) is 8.31. The Hall–Kier alpha value is -2.89. The van der Waals surface area contributed by atoms with Crippen molar-refractivity contribution in [2.75, 3.05) is 13.1 Å². The lowest BCUT2D eigenvalue weighted by Crippen LogP contribution is -2.38. The Labute approximate surface area is 176 Å². The summed E-state index contributed by atoms with van der Waals surface area (Å²) >= 11 is 0. The zero-order valence-corrected chi connectivity index (χ0v) is 17.9. The van der Waals surface area contributed by atoms with E-state index in [1.807, 2.05) is 48.2 Å². The van der Waals surface area contributed by atoms with Crippen molar-refractivity contribution in [1.29, 1.82) is 0 Å². The minimum absolute atomic E-state index is 0.0336. The molecule has 2 atom stereocenters. The quantitative estimate of drug-likeness (QED) is 0.784. The van der Waals surface area contributed by atoms with Crippen LogP contribution in [0.3, 0.4) is 0 Å². The van der Waals surface area contributed by atoms with Gasteiger partial charge in [-0.1, -0.05) is 37.3 Å². The van der Waals surface area contributed by atoms with E-state index < -0.39 is 0 Å². The van der Waals surface area contributed by atoms with Crippen molar-refractivity contribution in [1.82, 2.24) is 14.0 Å². The fourth-order valence-corrected chi connectivity index (χ4v) is 4.93.